The fourth-order valence-electron chi connectivity index (χ4n) is 1.18. The van der Waals surface area contributed by atoms with E-state index in [-0.39, 0.29) is 5.91 Å². The van der Waals surface area contributed by atoms with E-state index in [0.717, 1.165) is 5.69 Å². The molecule has 1 atom stereocenters. The molecule has 1 aromatic heterocycles. The molecule has 1 rings (SSSR count). The summed E-state index contributed by atoms with van der Waals surface area (Å²) in [6, 6.07) is 7.31. The van der Waals surface area contributed by atoms with Crippen LogP contribution in [-0.2, 0) is 0 Å². The van der Waals surface area contributed by atoms with Crippen LogP contribution in [0.5, 0.6) is 0 Å². The molecule has 1 amide bonds. The van der Waals surface area contributed by atoms with Gasteiger partial charge in [-0.15, -0.1) is 0 Å². The van der Waals surface area contributed by atoms with Crippen LogP contribution in [0.2, 0.25) is 0 Å². The van der Waals surface area contributed by atoms with Crippen molar-refractivity contribution < 1.29 is 4.79 Å². The number of aryl methyl sites for hydroxylation is 1. The summed E-state index contributed by atoms with van der Waals surface area (Å²) in [5, 5.41) is 11.6. The lowest BCUT2D eigenvalue weighted by atomic mass is 10.0. The highest BCUT2D eigenvalue weighted by Gasteiger charge is 2.24. The van der Waals surface area contributed by atoms with E-state index < -0.39 is 5.54 Å². The number of nitriles is 1. The monoisotopic (exact) mass is 217 g/mol. The van der Waals surface area contributed by atoms with Crippen LogP contribution in [0.1, 0.15) is 36.5 Å². The van der Waals surface area contributed by atoms with E-state index in [1.165, 1.54) is 0 Å². The van der Waals surface area contributed by atoms with Gasteiger partial charge in [-0.1, -0.05) is 13.0 Å². The number of hydrogen-bond acceptors (Lipinski definition) is 3. The van der Waals surface area contributed by atoms with Gasteiger partial charge >= 0.3 is 0 Å². The number of rotatable bonds is 3. The summed E-state index contributed by atoms with van der Waals surface area (Å²) in [6.45, 7) is 5.37. The third-order valence-electron chi connectivity index (χ3n) is 2.46. The highest BCUT2D eigenvalue weighted by Crippen LogP contribution is 2.08. The highest BCUT2D eigenvalue weighted by atomic mass is 16.2. The molecule has 0 saturated carbocycles. The zero-order valence-corrected chi connectivity index (χ0v) is 9.74. The molecule has 0 bridgehead atoms. The normalized spacial score (nSPS) is 13.6. The molecule has 0 aliphatic carbocycles. The number of pyridine rings is 1. The Bertz CT molecular complexity index is 436. The Balaban J connectivity index is 2.85. The Kier molecular flexibility index (Phi) is 3.62. The minimum Gasteiger partial charge on any atom is -0.333 e. The van der Waals surface area contributed by atoms with Crippen molar-refractivity contribution in [2.45, 2.75) is 32.7 Å². The van der Waals surface area contributed by atoms with E-state index in [9.17, 15) is 4.79 Å². The number of carbonyl (C=O) groups is 1. The van der Waals surface area contributed by atoms with Gasteiger partial charge in [0.15, 0.2) is 0 Å². The van der Waals surface area contributed by atoms with Crippen LogP contribution in [-0.4, -0.2) is 16.4 Å². The zero-order valence-electron chi connectivity index (χ0n) is 9.74. The van der Waals surface area contributed by atoms with Gasteiger partial charge in [0.1, 0.15) is 11.2 Å². The van der Waals surface area contributed by atoms with Crippen molar-refractivity contribution in [2.24, 2.45) is 0 Å². The van der Waals surface area contributed by atoms with Crippen LogP contribution >= 0.6 is 0 Å². The quantitative estimate of drug-likeness (QED) is 0.839. The van der Waals surface area contributed by atoms with Crippen LogP contribution in [0, 0.1) is 18.3 Å². The molecule has 4 heteroatoms. The molecule has 0 spiro atoms. The van der Waals surface area contributed by atoms with Gasteiger partial charge in [-0.05, 0) is 32.4 Å². The van der Waals surface area contributed by atoms with Crippen molar-refractivity contribution in [3.8, 4) is 6.07 Å². The fourth-order valence-corrected chi connectivity index (χ4v) is 1.18. The summed E-state index contributed by atoms with van der Waals surface area (Å²) < 4.78 is 0. The SMILES string of the molecule is CCC(C)(C#N)NC(=O)c1cccc(C)n1. The van der Waals surface area contributed by atoms with E-state index in [1.54, 1.807) is 19.1 Å². The number of nitrogens with one attached hydrogen (secondary N) is 1. The van der Waals surface area contributed by atoms with Crippen molar-refractivity contribution in [3.63, 3.8) is 0 Å². The van der Waals surface area contributed by atoms with Crippen LogP contribution in [0.25, 0.3) is 0 Å². The molecule has 1 heterocycles. The Morgan fingerprint density at radius 1 is 1.62 bits per heavy atom. The first-order valence-corrected chi connectivity index (χ1v) is 5.18. The first kappa shape index (κ1) is 12.2. The van der Waals surface area contributed by atoms with Gasteiger partial charge in [-0.25, -0.2) is 4.98 Å². The fraction of sp³-hybridized carbons (Fsp3) is 0.417. The maximum atomic E-state index is 11.8. The van der Waals surface area contributed by atoms with Gasteiger partial charge in [0, 0.05) is 5.69 Å². The molecular formula is C12H15N3O. The number of aromatic nitrogens is 1. The van der Waals surface area contributed by atoms with Gasteiger partial charge < -0.3 is 5.32 Å². The molecule has 0 aliphatic rings. The van der Waals surface area contributed by atoms with Crippen molar-refractivity contribution in [2.75, 3.05) is 0 Å². The predicted molar refractivity (Wildman–Crippen MR) is 60.7 cm³/mol. The second-order valence-corrected chi connectivity index (χ2v) is 3.92. The summed E-state index contributed by atoms with van der Waals surface area (Å²) in [5.41, 5.74) is 0.292. The number of nitrogens with zero attached hydrogens (tertiary/aromatic N) is 2. The third kappa shape index (κ3) is 2.80. The van der Waals surface area contributed by atoms with Crippen LogP contribution in [0.3, 0.4) is 0 Å². The Morgan fingerprint density at radius 2 is 2.31 bits per heavy atom. The van der Waals surface area contributed by atoms with Crippen LogP contribution in [0.15, 0.2) is 18.2 Å². The molecule has 4 nitrogen and oxygen atoms in total. The predicted octanol–water partition coefficient (Wildman–Crippen LogP) is 1.81. The average molecular weight is 217 g/mol. The summed E-state index contributed by atoms with van der Waals surface area (Å²) >= 11 is 0. The number of hydrogen-bond donors (Lipinski definition) is 1. The highest BCUT2D eigenvalue weighted by molar-refractivity contribution is 5.93. The molecule has 1 unspecified atom stereocenters. The van der Waals surface area contributed by atoms with Gasteiger partial charge in [0.25, 0.3) is 5.91 Å². The maximum Gasteiger partial charge on any atom is 0.271 e. The molecule has 0 radical (unpaired) electrons. The van der Waals surface area contributed by atoms with Gasteiger partial charge in [-0.3, -0.25) is 4.79 Å². The minimum atomic E-state index is -0.831. The van der Waals surface area contributed by atoms with Crippen molar-refractivity contribution >= 4 is 5.91 Å². The van der Waals surface area contributed by atoms with E-state index >= 15 is 0 Å². The van der Waals surface area contributed by atoms with Crippen molar-refractivity contribution in [1.29, 1.82) is 5.26 Å². The first-order valence-electron chi connectivity index (χ1n) is 5.18. The van der Waals surface area contributed by atoms with Crippen molar-refractivity contribution in [3.05, 3.63) is 29.6 Å². The largest absolute Gasteiger partial charge is 0.333 e. The molecular weight excluding hydrogens is 202 g/mol. The topological polar surface area (TPSA) is 65.8 Å². The summed E-state index contributed by atoms with van der Waals surface area (Å²) in [7, 11) is 0. The van der Waals surface area contributed by atoms with E-state index in [2.05, 4.69) is 16.4 Å². The Labute approximate surface area is 95.3 Å². The van der Waals surface area contributed by atoms with E-state index in [4.69, 9.17) is 5.26 Å². The van der Waals surface area contributed by atoms with Crippen molar-refractivity contribution in [1.82, 2.24) is 10.3 Å². The lowest BCUT2D eigenvalue weighted by Gasteiger charge is -2.20. The van der Waals surface area contributed by atoms with Crippen LogP contribution in [0.4, 0.5) is 0 Å². The molecule has 0 aromatic carbocycles. The summed E-state index contributed by atoms with van der Waals surface area (Å²) in [5.74, 6) is -0.311. The van der Waals surface area contributed by atoms with Gasteiger partial charge in [0.2, 0.25) is 0 Å². The molecule has 0 saturated heterocycles. The zero-order chi connectivity index (χ0) is 12.2. The second-order valence-electron chi connectivity index (χ2n) is 3.92. The van der Waals surface area contributed by atoms with E-state index in [1.807, 2.05) is 19.9 Å². The minimum absolute atomic E-state index is 0.311. The lowest BCUT2D eigenvalue weighted by Crippen LogP contribution is -2.44. The molecule has 16 heavy (non-hydrogen) atoms. The third-order valence-corrected chi connectivity index (χ3v) is 2.46. The molecule has 0 fully saturated rings. The average Bonchev–Trinajstić information content (AvgIpc) is 2.29. The number of carbonyl (C=O) groups excluding carboxylic acids is 1. The second kappa shape index (κ2) is 4.75. The summed E-state index contributed by atoms with van der Waals surface area (Å²) in [4.78, 5) is 15.9. The summed E-state index contributed by atoms with van der Waals surface area (Å²) in [6.07, 6.45) is 0.557. The first-order chi connectivity index (χ1) is 7.50. The smallest absolute Gasteiger partial charge is 0.271 e. The van der Waals surface area contributed by atoms with E-state index in [0.29, 0.717) is 12.1 Å². The number of amides is 1. The van der Waals surface area contributed by atoms with Gasteiger partial charge in [0.05, 0.1) is 6.07 Å². The molecule has 84 valence electrons. The molecule has 1 aromatic rings. The standard InChI is InChI=1S/C12H15N3O/c1-4-12(3,8-13)15-11(16)10-7-5-6-9(2)14-10/h5-7H,4H2,1-3H3,(H,15,16). The molecule has 0 aliphatic heterocycles. The van der Waals surface area contributed by atoms with Crippen LogP contribution < -0.4 is 5.32 Å². The Morgan fingerprint density at radius 3 is 2.81 bits per heavy atom. The lowest BCUT2D eigenvalue weighted by molar-refractivity contribution is 0.0917. The maximum absolute atomic E-state index is 11.8. The Hall–Kier alpha value is -1.89. The molecule has 1 N–H and O–H groups in total. The van der Waals surface area contributed by atoms with Gasteiger partial charge in [-0.2, -0.15) is 5.26 Å².